The quantitative estimate of drug-likeness (QED) is 0.797. The summed E-state index contributed by atoms with van der Waals surface area (Å²) in [7, 11) is 1.34. The van der Waals surface area contributed by atoms with E-state index in [9.17, 15) is 9.59 Å². The number of carbonyl (C=O) groups excluding carboxylic acids is 1. The minimum atomic E-state index is -0.723. The Kier molecular flexibility index (Phi) is 3.91. The highest BCUT2D eigenvalue weighted by Crippen LogP contribution is 2.19. The van der Waals surface area contributed by atoms with Gasteiger partial charge in [-0.1, -0.05) is 0 Å². The third-order valence-electron chi connectivity index (χ3n) is 2.28. The predicted octanol–water partition coefficient (Wildman–Crippen LogP) is 1.81. The first kappa shape index (κ1) is 13.0. The summed E-state index contributed by atoms with van der Waals surface area (Å²) in [6.45, 7) is 3.77. The molecule has 0 saturated heterocycles. The van der Waals surface area contributed by atoms with Crippen LogP contribution < -0.4 is 5.56 Å². The molecule has 0 aliphatic heterocycles. The lowest BCUT2D eigenvalue weighted by molar-refractivity contribution is -0.151. The number of rotatable bonds is 3. The Hall–Kier alpha value is -1.10. The fourth-order valence-corrected chi connectivity index (χ4v) is 1.78. The summed E-state index contributed by atoms with van der Waals surface area (Å²) in [5.41, 5.74) is -0.876. The summed E-state index contributed by atoms with van der Waals surface area (Å²) >= 11 is 3.16. The number of pyridine rings is 1. The van der Waals surface area contributed by atoms with E-state index in [1.807, 2.05) is 0 Å². The van der Waals surface area contributed by atoms with Gasteiger partial charge in [-0.2, -0.15) is 0 Å². The zero-order valence-electron chi connectivity index (χ0n) is 9.49. The van der Waals surface area contributed by atoms with Crippen molar-refractivity contribution in [3.8, 4) is 0 Å². The number of hydrogen-bond donors (Lipinski definition) is 0. The van der Waals surface area contributed by atoms with Crippen LogP contribution in [0.3, 0.4) is 0 Å². The number of halogens is 1. The lowest BCUT2D eigenvalue weighted by Gasteiger charge is -2.22. The molecule has 0 aromatic carbocycles. The largest absolute Gasteiger partial charge is 0.469 e. The van der Waals surface area contributed by atoms with Crippen molar-refractivity contribution >= 4 is 21.9 Å². The maximum atomic E-state index is 11.7. The van der Waals surface area contributed by atoms with Crippen LogP contribution in [0.15, 0.2) is 27.6 Å². The first-order chi connectivity index (χ1) is 7.38. The maximum absolute atomic E-state index is 11.7. The molecule has 0 unspecified atom stereocenters. The van der Waals surface area contributed by atoms with E-state index in [1.54, 1.807) is 32.2 Å². The average molecular weight is 288 g/mol. The fraction of sp³-hybridized carbons (Fsp3) is 0.455. The zero-order chi connectivity index (χ0) is 12.3. The Bertz CT molecular complexity index is 451. The topological polar surface area (TPSA) is 48.3 Å². The molecule has 5 heteroatoms. The number of aromatic nitrogens is 1. The predicted molar refractivity (Wildman–Crippen MR) is 64.2 cm³/mol. The summed E-state index contributed by atoms with van der Waals surface area (Å²) in [6, 6.07) is 3.42. The summed E-state index contributed by atoms with van der Waals surface area (Å²) in [4.78, 5) is 23.2. The van der Waals surface area contributed by atoms with Crippen LogP contribution in [0.25, 0.3) is 0 Å². The van der Waals surface area contributed by atoms with Crippen LogP contribution in [-0.4, -0.2) is 17.6 Å². The van der Waals surface area contributed by atoms with Gasteiger partial charge in [-0.15, -0.1) is 0 Å². The van der Waals surface area contributed by atoms with Crippen molar-refractivity contribution < 1.29 is 9.53 Å². The van der Waals surface area contributed by atoms with Crippen LogP contribution in [-0.2, 0) is 16.1 Å². The molecule has 0 aliphatic carbocycles. The van der Waals surface area contributed by atoms with Crippen molar-refractivity contribution in [3.63, 3.8) is 0 Å². The molecule has 1 heterocycles. The summed E-state index contributed by atoms with van der Waals surface area (Å²) < 4.78 is 6.66. The van der Waals surface area contributed by atoms with E-state index in [0.29, 0.717) is 4.47 Å². The zero-order valence-corrected chi connectivity index (χ0v) is 11.1. The third-order valence-corrected chi connectivity index (χ3v) is 2.88. The van der Waals surface area contributed by atoms with Gasteiger partial charge in [0.15, 0.2) is 0 Å². The second kappa shape index (κ2) is 4.82. The number of carbonyl (C=O) groups is 1. The Morgan fingerprint density at radius 1 is 1.56 bits per heavy atom. The molecule has 0 aliphatic rings. The van der Waals surface area contributed by atoms with E-state index in [0.717, 1.165) is 0 Å². The van der Waals surface area contributed by atoms with E-state index < -0.39 is 5.41 Å². The van der Waals surface area contributed by atoms with E-state index in [-0.39, 0.29) is 18.1 Å². The Morgan fingerprint density at radius 3 is 2.75 bits per heavy atom. The summed E-state index contributed by atoms with van der Waals surface area (Å²) in [6.07, 6.45) is 1.65. The molecular formula is C11H14BrNO3. The van der Waals surface area contributed by atoms with Gasteiger partial charge in [-0.05, 0) is 41.9 Å². The lowest BCUT2D eigenvalue weighted by atomic mass is 9.93. The molecule has 0 N–H and O–H groups in total. The van der Waals surface area contributed by atoms with Crippen molar-refractivity contribution in [3.05, 3.63) is 33.2 Å². The van der Waals surface area contributed by atoms with Crippen molar-refractivity contribution in [1.29, 1.82) is 0 Å². The molecular weight excluding hydrogens is 274 g/mol. The van der Waals surface area contributed by atoms with Gasteiger partial charge in [0.25, 0.3) is 5.56 Å². The molecule has 88 valence electrons. The van der Waals surface area contributed by atoms with E-state index in [2.05, 4.69) is 15.9 Å². The number of methoxy groups -OCH3 is 1. The summed E-state index contributed by atoms with van der Waals surface area (Å²) in [5.74, 6) is -0.334. The molecule has 4 nitrogen and oxygen atoms in total. The van der Waals surface area contributed by atoms with Gasteiger partial charge in [-0.3, -0.25) is 9.59 Å². The molecule has 0 amide bonds. The molecule has 0 atom stereocenters. The molecule has 1 rings (SSSR count). The Balaban J connectivity index is 3.01. The van der Waals surface area contributed by atoms with Crippen LogP contribution in [0.4, 0.5) is 0 Å². The van der Waals surface area contributed by atoms with Gasteiger partial charge < -0.3 is 9.30 Å². The molecule has 1 aromatic heterocycles. The molecule has 0 radical (unpaired) electrons. The minimum Gasteiger partial charge on any atom is -0.469 e. The van der Waals surface area contributed by atoms with Crippen LogP contribution in [0.1, 0.15) is 13.8 Å². The smallest absolute Gasteiger partial charge is 0.313 e. The Labute approximate surface area is 102 Å². The normalized spacial score (nSPS) is 11.2. The molecule has 0 saturated carbocycles. The van der Waals surface area contributed by atoms with E-state index in [1.165, 1.54) is 11.7 Å². The number of hydrogen-bond acceptors (Lipinski definition) is 3. The highest BCUT2D eigenvalue weighted by Gasteiger charge is 2.29. The van der Waals surface area contributed by atoms with Crippen LogP contribution >= 0.6 is 15.9 Å². The minimum absolute atomic E-state index is 0.153. The van der Waals surface area contributed by atoms with Crippen LogP contribution in [0, 0.1) is 5.41 Å². The second-order valence-corrected chi connectivity index (χ2v) is 5.02. The first-order valence-electron chi connectivity index (χ1n) is 4.82. The lowest BCUT2D eigenvalue weighted by Crippen LogP contribution is -2.34. The van der Waals surface area contributed by atoms with Crippen molar-refractivity contribution in [2.45, 2.75) is 20.4 Å². The Morgan fingerprint density at radius 2 is 2.19 bits per heavy atom. The van der Waals surface area contributed by atoms with Gasteiger partial charge >= 0.3 is 5.97 Å². The maximum Gasteiger partial charge on any atom is 0.313 e. The van der Waals surface area contributed by atoms with Crippen molar-refractivity contribution in [2.75, 3.05) is 7.11 Å². The van der Waals surface area contributed by atoms with Crippen LogP contribution in [0.2, 0.25) is 0 Å². The van der Waals surface area contributed by atoms with Gasteiger partial charge in [0.2, 0.25) is 0 Å². The summed E-state index contributed by atoms with van der Waals surface area (Å²) in [5, 5.41) is 0. The molecule has 0 spiro atoms. The first-order valence-corrected chi connectivity index (χ1v) is 5.61. The van der Waals surface area contributed by atoms with Crippen molar-refractivity contribution in [1.82, 2.24) is 4.57 Å². The fourth-order valence-electron chi connectivity index (χ4n) is 1.40. The number of ether oxygens (including phenoxy) is 1. The number of esters is 1. The molecule has 0 fully saturated rings. The van der Waals surface area contributed by atoms with E-state index >= 15 is 0 Å². The monoisotopic (exact) mass is 287 g/mol. The van der Waals surface area contributed by atoms with Gasteiger partial charge in [-0.25, -0.2) is 0 Å². The highest BCUT2D eigenvalue weighted by atomic mass is 79.9. The van der Waals surface area contributed by atoms with Gasteiger partial charge in [0.05, 0.1) is 17.0 Å². The highest BCUT2D eigenvalue weighted by molar-refractivity contribution is 9.10. The molecule has 16 heavy (non-hydrogen) atoms. The van der Waals surface area contributed by atoms with E-state index in [4.69, 9.17) is 4.74 Å². The van der Waals surface area contributed by atoms with Gasteiger partial charge in [0, 0.05) is 12.7 Å². The average Bonchev–Trinajstić information content (AvgIpc) is 2.23. The SMILES string of the molecule is COC(=O)C(C)(C)Cn1cccc(Br)c1=O. The molecule has 1 aromatic rings. The van der Waals surface area contributed by atoms with Gasteiger partial charge in [0.1, 0.15) is 0 Å². The van der Waals surface area contributed by atoms with Crippen LogP contribution in [0.5, 0.6) is 0 Å². The number of nitrogens with zero attached hydrogens (tertiary/aromatic N) is 1. The second-order valence-electron chi connectivity index (χ2n) is 4.16. The third kappa shape index (κ3) is 2.72. The van der Waals surface area contributed by atoms with Crippen molar-refractivity contribution in [2.24, 2.45) is 5.41 Å². The molecule has 0 bridgehead atoms. The standard InChI is InChI=1S/C11H14BrNO3/c1-11(2,10(15)16-3)7-13-6-4-5-8(12)9(13)14/h4-6H,7H2,1-3H3.